The summed E-state index contributed by atoms with van der Waals surface area (Å²) in [5.41, 5.74) is -5.10. The van der Waals surface area contributed by atoms with Gasteiger partial charge in [-0.25, -0.2) is 13.2 Å². The molecule has 0 aromatic heterocycles. The van der Waals surface area contributed by atoms with Gasteiger partial charge < -0.3 is 33.2 Å². The van der Waals surface area contributed by atoms with Crippen molar-refractivity contribution in [2.45, 2.75) is 94.3 Å². The quantitative estimate of drug-likeness (QED) is 0.0937. The molecule has 0 unspecified atom stereocenters. The number of benzene rings is 3. The minimum atomic E-state index is -6.32. The van der Waals surface area contributed by atoms with Crippen molar-refractivity contribution in [3.8, 4) is 11.5 Å². The molecule has 14 nitrogen and oxygen atoms in total. The minimum Gasteiger partial charge on any atom is -0.493 e. The average Bonchev–Trinajstić information content (AvgIpc) is 3.44. The maximum atomic E-state index is 14.8. The van der Waals surface area contributed by atoms with Crippen LogP contribution in [-0.2, 0) is 61.0 Å². The first-order valence-electron chi connectivity index (χ1n) is 17.1. The van der Waals surface area contributed by atoms with Crippen molar-refractivity contribution in [3.05, 3.63) is 89.0 Å². The van der Waals surface area contributed by atoms with E-state index in [1.165, 1.54) is 65.3 Å². The van der Waals surface area contributed by atoms with Gasteiger partial charge in [-0.1, -0.05) is 54.1 Å². The van der Waals surface area contributed by atoms with Crippen LogP contribution < -0.4 is 9.47 Å². The average molecular weight is 834 g/mol. The molecule has 0 bridgehead atoms. The van der Waals surface area contributed by atoms with E-state index in [1.807, 2.05) is 0 Å². The first-order chi connectivity index (χ1) is 26.1. The van der Waals surface area contributed by atoms with Crippen molar-refractivity contribution < 1.29 is 72.1 Å². The number of rotatable bonds is 16. The summed E-state index contributed by atoms with van der Waals surface area (Å²) >= 11 is 0. The molecule has 1 amide bonds. The molecule has 0 spiro atoms. The number of nitrogens with zero attached hydrogens (tertiary/aromatic N) is 1. The lowest BCUT2D eigenvalue weighted by Crippen LogP contribution is -2.56. The number of sulfonamides is 1. The summed E-state index contributed by atoms with van der Waals surface area (Å²) in [6.07, 6.45) is -9.45. The second kappa shape index (κ2) is 18.1. The highest BCUT2D eigenvalue weighted by Crippen LogP contribution is 2.40. The molecule has 19 heteroatoms. The maximum absolute atomic E-state index is 14.8. The van der Waals surface area contributed by atoms with E-state index in [2.05, 4.69) is 0 Å². The minimum absolute atomic E-state index is 0.171. The Hall–Kier alpha value is -3.98. The SMILES string of the molecule is COCOc1cc(C[C@@H]([C@H]2O[C@H](OC)[C@H](OS(=O)(=O)C(F)(F)F)[C@H]2OCc2ccccc2)N(C(=O)OC(C)(C)C)S(=O)(=O)c2ccc(C)cc2)cc(C)c1OC. The van der Waals surface area contributed by atoms with E-state index >= 15 is 0 Å². The summed E-state index contributed by atoms with van der Waals surface area (Å²) in [5.74, 6) is 0.481. The largest absolute Gasteiger partial charge is 0.523 e. The number of carbonyl (C=O) groups excluding carboxylic acids is 1. The van der Waals surface area contributed by atoms with E-state index in [0.717, 1.165) is 7.11 Å². The number of carbonyl (C=O) groups is 1. The van der Waals surface area contributed by atoms with Gasteiger partial charge in [0.15, 0.2) is 30.7 Å². The highest BCUT2D eigenvalue weighted by atomic mass is 32.2. The lowest BCUT2D eigenvalue weighted by molar-refractivity contribution is -0.152. The first kappa shape index (κ1) is 44.7. The van der Waals surface area contributed by atoms with Gasteiger partial charge in [0.1, 0.15) is 17.8 Å². The molecule has 5 atom stereocenters. The number of alkyl halides is 3. The summed E-state index contributed by atoms with van der Waals surface area (Å²) < 4.78 is 141. The molecule has 56 heavy (non-hydrogen) atoms. The second-order valence-corrected chi connectivity index (χ2v) is 17.2. The van der Waals surface area contributed by atoms with Gasteiger partial charge in [-0.15, -0.1) is 0 Å². The molecule has 0 radical (unpaired) electrons. The van der Waals surface area contributed by atoms with Crippen LogP contribution in [0.25, 0.3) is 0 Å². The van der Waals surface area contributed by atoms with Crippen LogP contribution in [0.3, 0.4) is 0 Å². The Kier molecular flexibility index (Phi) is 14.4. The van der Waals surface area contributed by atoms with Gasteiger partial charge in [0.2, 0.25) is 0 Å². The monoisotopic (exact) mass is 833 g/mol. The molecule has 0 saturated carbocycles. The van der Waals surface area contributed by atoms with Crippen LogP contribution in [0.1, 0.15) is 43.0 Å². The second-order valence-electron chi connectivity index (χ2n) is 13.8. The molecule has 1 fully saturated rings. The van der Waals surface area contributed by atoms with Gasteiger partial charge in [0, 0.05) is 14.2 Å². The Morgan fingerprint density at radius 1 is 0.893 bits per heavy atom. The number of methoxy groups -OCH3 is 3. The number of hydrogen-bond acceptors (Lipinski definition) is 13. The Labute approximate surface area is 324 Å². The number of ether oxygens (including phenoxy) is 7. The number of amides is 1. The molecule has 1 heterocycles. The Morgan fingerprint density at radius 3 is 2.09 bits per heavy atom. The third kappa shape index (κ3) is 10.7. The highest BCUT2D eigenvalue weighted by Gasteiger charge is 2.59. The van der Waals surface area contributed by atoms with Gasteiger partial charge in [-0.3, -0.25) is 4.18 Å². The van der Waals surface area contributed by atoms with Gasteiger partial charge in [-0.2, -0.15) is 25.9 Å². The summed E-state index contributed by atoms with van der Waals surface area (Å²) in [5, 5.41) is 0. The van der Waals surface area contributed by atoms with E-state index in [9.17, 15) is 34.8 Å². The molecule has 3 aromatic carbocycles. The van der Waals surface area contributed by atoms with Crippen LogP contribution in [0.5, 0.6) is 11.5 Å². The van der Waals surface area contributed by atoms with Crippen molar-refractivity contribution >= 4 is 26.2 Å². The van der Waals surface area contributed by atoms with Gasteiger partial charge in [0.05, 0.1) is 24.7 Å². The molecule has 1 aliphatic rings. The third-order valence-electron chi connectivity index (χ3n) is 8.36. The smallest absolute Gasteiger partial charge is 0.493 e. The zero-order valence-corrected chi connectivity index (χ0v) is 33.7. The Balaban J connectivity index is 2.01. The van der Waals surface area contributed by atoms with E-state index in [1.54, 1.807) is 50.2 Å². The lowest BCUT2D eigenvalue weighted by atomic mass is 9.95. The summed E-state index contributed by atoms with van der Waals surface area (Å²) in [6.45, 7) is 7.37. The molecule has 1 aliphatic heterocycles. The van der Waals surface area contributed by atoms with Crippen molar-refractivity contribution in [3.63, 3.8) is 0 Å². The van der Waals surface area contributed by atoms with Gasteiger partial charge >= 0.3 is 21.7 Å². The van der Waals surface area contributed by atoms with Crippen LogP contribution >= 0.6 is 0 Å². The Morgan fingerprint density at radius 2 is 1.54 bits per heavy atom. The van der Waals surface area contributed by atoms with Crippen LogP contribution in [0.15, 0.2) is 71.6 Å². The van der Waals surface area contributed by atoms with Crippen LogP contribution in [0.2, 0.25) is 0 Å². The van der Waals surface area contributed by atoms with E-state index in [-0.39, 0.29) is 24.0 Å². The molecular formula is C37H46F3NO13S2. The van der Waals surface area contributed by atoms with Crippen LogP contribution in [0, 0.1) is 13.8 Å². The summed E-state index contributed by atoms with van der Waals surface area (Å²) in [6, 6.07) is 15.2. The molecule has 0 N–H and O–H groups in total. The van der Waals surface area contributed by atoms with Crippen LogP contribution in [0.4, 0.5) is 18.0 Å². The molecular weight excluding hydrogens is 788 g/mol. The number of halogens is 3. The third-order valence-corrected chi connectivity index (χ3v) is 11.2. The molecule has 1 saturated heterocycles. The normalized spacial score (nSPS) is 19.7. The standard InChI is InChI=1S/C37H46F3NO13S2/c1-23-14-16-27(17-15-23)55(43,44)41(35(42)53-36(3,4)5)28(19-26-18-24(2)30(48-7)29(20-26)51-22-47-6)31-32(50-21-25-12-10-9-11-13-25)33(34(49-8)52-31)54-56(45,46)37(38,39)40/h9-18,20,28,31-34H,19,21-22H2,1-8H3/t28-,31+,32-,33+,34-/m0/s1. The predicted molar refractivity (Wildman–Crippen MR) is 195 cm³/mol. The van der Waals surface area contributed by atoms with Gasteiger partial charge in [0.25, 0.3) is 10.0 Å². The fraction of sp³-hybridized carbons (Fsp3) is 0.486. The highest BCUT2D eigenvalue weighted by molar-refractivity contribution is 7.89. The molecule has 3 aromatic rings. The fourth-order valence-electron chi connectivity index (χ4n) is 5.95. The fourth-order valence-corrected chi connectivity index (χ4v) is 8.04. The molecule has 4 rings (SSSR count). The van der Waals surface area contributed by atoms with Crippen molar-refractivity contribution in [1.82, 2.24) is 4.31 Å². The van der Waals surface area contributed by atoms with Crippen LogP contribution in [-0.4, -0.2) is 97.1 Å². The van der Waals surface area contributed by atoms with Crippen molar-refractivity contribution in [2.75, 3.05) is 28.1 Å². The van der Waals surface area contributed by atoms with Gasteiger partial charge in [-0.05, 0) is 75.9 Å². The van der Waals surface area contributed by atoms with Crippen molar-refractivity contribution in [1.29, 1.82) is 0 Å². The molecule has 0 aliphatic carbocycles. The predicted octanol–water partition coefficient (Wildman–Crippen LogP) is 6.02. The first-order valence-corrected chi connectivity index (χ1v) is 19.9. The zero-order valence-electron chi connectivity index (χ0n) is 32.1. The zero-order chi connectivity index (χ0) is 41.6. The van der Waals surface area contributed by atoms with E-state index in [4.69, 9.17) is 37.3 Å². The topological polar surface area (TPSA) is 162 Å². The number of hydrogen-bond donors (Lipinski definition) is 0. The van der Waals surface area contributed by atoms with E-state index in [0.29, 0.717) is 32.3 Å². The maximum Gasteiger partial charge on any atom is 0.523 e. The summed E-state index contributed by atoms with van der Waals surface area (Å²) in [4.78, 5) is 14.0. The van der Waals surface area contributed by atoms with Crippen molar-refractivity contribution in [2.24, 2.45) is 0 Å². The van der Waals surface area contributed by atoms with E-state index < -0.39 is 74.4 Å². The summed E-state index contributed by atoms with van der Waals surface area (Å²) in [7, 11) is -7.41. The lowest BCUT2D eigenvalue weighted by Gasteiger charge is -2.37. The number of aryl methyl sites for hydroxylation is 2. The molecule has 310 valence electrons. The Bertz CT molecular complexity index is 2010.